The Morgan fingerprint density at radius 1 is 1.00 bits per heavy atom. The number of carbonyl (C=O) groups is 1. The topological polar surface area (TPSA) is 17.1 Å². The van der Waals surface area contributed by atoms with Crippen LogP contribution in [0.25, 0.3) is 10.8 Å². The molecule has 0 bridgehead atoms. The van der Waals surface area contributed by atoms with E-state index in [4.69, 9.17) is 23.2 Å². The van der Waals surface area contributed by atoms with E-state index in [2.05, 4.69) is 0 Å². The van der Waals surface area contributed by atoms with Crippen LogP contribution in [0.2, 0.25) is 0 Å². The first-order chi connectivity index (χ1) is 7.12. The molecule has 74 valence electrons. The molecule has 0 aromatic heterocycles. The molecule has 1 nitrogen and oxygen atoms in total. The first-order valence-electron chi connectivity index (χ1n) is 4.57. The predicted molar refractivity (Wildman–Crippen MR) is 61.7 cm³/mol. The van der Waals surface area contributed by atoms with Crippen molar-refractivity contribution < 1.29 is 4.79 Å². The van der Waals surface area contributed by atoms with Crippen molar-refractivity contribution >= 4 is 39.8 Å². The van der Waals surface area contributed by atoms with E-state index in [0.717, 1.165) is 10.8 Å². The first-order valence-corrected chi connectivity index (χ1v) is 5.33. The molecule has 0 saturated carbocycles. The van der Waals surface area contributed by atoms with Gasteiger partial charge in [-0.2, -0.15) is 0 Å². The highest BCUT2D eigenvalue weighted by molar-refractivity contribution is 6.62. The minimum atomic E-state index is -1.41. The van der Waals surface area contributed by atoms with Gasteiger partial charge in [0.15, 0.2) is 0 Å². The van der Waals surface area contributed by atoms with Gasteiger partial charge in [-0.3, -0.25) is 4.79 Å². The van der Waals surface area contributed by atoms with E-state index >= 15 is 0 Å². The number of benzene rings is 2. The van der Waals surface area contributed by atoms with Crippen molar-refractivity contribution in [1.82, 2.24) is 0 Å². The molecule has 0 saturated heterocycles. The molecule has 0 aliphatic heterocycles. The van der Waals surface area contributed by atoms with Crippen LogP contribution in [0.5, 0.6) is 0 Å². The van der Waals surface area contributed by atoms with Crippen molar-refractivity contribution in [2.45, 2.75) is 4.33 Å². The van der Waals surface area contributed by atoms with Gasteiger partial charge in [0, 0.05) is 11.1 Å². The summed E-state index contributed by atoms with van der Waals surface area (Å²) in [5.74, 6) is -0.224. The Kier molecular flexibility index (Phi) is 1.68. The Labute approximate surface area is 96.6 Å². The standard InChI is InChI=1S/C12H6Cl2O/c13-12(14)9-6-2-4-7-3-1-5-8(10(7)9)11(12)15/h1-6H. The van der Waals surface area contributed by atoms with Crippen molar-refractivity contribution in [2.75, 3.05) is 0 Å². The van der Waals surface area contributed by atoms with Crippen molar-refractivity contribution in [3.8, 4) is 0 Å². The van der Waals surface area contributed by atoms with Gasteiger partial charge in [0.25, 0.3) is 0 Å². The van der Waals surface area contributed by atoms with Crippen LogP contribution in [0.1, 0.15) is 15.9 Å². The lowest BCUT2D eigenvalue weighted by Gasteiger charge is -2.10. The van der Waals surface area contributed by atoms with Gasteiger partial charge in [0.05, 0.1) is 0 Å². The average molecular weight is 237 g/mol. The Balaban J connectivity index is 2.56. The van der Waals surface area contributed by atoms with Crippen LogP contribution >= 0.6 is 23.2 Å². The third-order valence-electron chi connectivity index (χ3n) is 2.77. The Morgan fingerprint density at radius 3 is 2.40 bits per heavy atom. The lowest BCUT2D eigenvalue weighted by atomic mass is 10.1. The molecule has 3 heteroatoms. The zero-order valence-corrected chi connectivity index (χ0v) is 9.14. The molecule has 0 N–H and O–H groups in total. The average Bonchev–Trinajstić information content (AvgIpc) is 2.43. The van der Waals surface area contributed by atoms with Gasteiger partial charge in [-0.15, -0.1) is 0 Å². The van der Waals surface area contributed by atoms with Crippen LogP contribution < -0.4 is 0 Å². The van der Waals surface area contributed by atoms with Crippen LogP contribution in [0.15, 0.2) is 36.4 Å². The fourth-order valence-electron chi connectivity index (χ4n) is 2.08. The highest BCUT2D eigenvalue weighted by Crippen LogP contribution is 2.47. The Bertz CT molecular complexity index is 582. The highest BCUT2D eigenvalue weighted by Gasteiger charge is 2.44. The first kappa shape index (κ1) is 9.20. The normalized spacial score (nSPS) is 17.3. The van der Waals surface area contributed by atoms with E-state index in [9.17, 15) is 4.79 Å². The van der Waals surface area contributed by atoms with E-state index in [1.165, 1.54) is 0 Å². The number of halogens is 2. The lowest BCUT2D eigenvalue weighted by molar-refractivity contribution is 0.0980. The molecular formula is C12H6Cl2O. The predicted octanol–water partition coefficient (Wildman–Crippen LogP) is 3.67. The van der Waals surface area contributed by atoms with Crippen LogP contribution in [0.4, 0.5) is 0 Å². The second-order valence-electron chi connectivity index (χ2n) is 3.61. The maximum atomic E-state index is 11.9. The molecule has 2 aromatic carbocycles. The molecule has 2 aromatic rings. The summed E-state index contributed by atoms with van der Waals surface area (Å²) in [4.78, 5) is 11.9. The SMILES string of the molecule is O=C1c2cccc3cccc(c23)C1(Cl)Cl. The summed E-state index contributed by atoms with van der Waals surface area (Å²) in [7, 11) is 0. The van der Waals surface area contributed by atoms with Crippen molar-refractivity contribution in [3.63, 3.8) is 0 Å². The van der Waals surface area contributed by atoms with Gasteiger partial charge in [-0.05, 0) is 10.8 Å². The van der Waals surface area contributed by atoms with E-state index in [0.29, 0.717) is 11.1 Å². The molecular weight excluding hydrogens is 231 g/mol. The summed E-state index contributed by atoms with van der Waals surface area (Å²) in [5, 5.41) is 1.89. The monoisotopic (exact) mass is 236 g/mol. The van der Waals surface area contributed by atoms with Crippen molar-refractivity contribution in [2.24, 2.45) is 0 Å². The number of ketones is 1. The summed E-state index contributed by atoms with van der Waals surface area (Å²) in [5.41, 5.74) is 1.32. The van der Waals surface area contributed by atoms with Crippen LogP contribution in [-0.4, -0.2) is 5.78 Å². The second-order valence-corrected chi connectivity index (χ2v) is 4.94. The number of Topliss-reactive ketones (excluding diaryl/α,β-unsaturated/α-hetero) is 1. The van der Waals surface area contributed by atoms with E-state index in [-0.39, 0.29) is 5.78 Å². The van der Waals surface area contributed by atoms with Gasteiger partial charge in [0.1, 0.15) is 0 Å². The second kappa shape index (κ2) is 2.75. The molecule has 0 fully saturated rings. The molecule has 15 heavy (non-hydrogen) atoms. The van der Waals surface area contributed by atoms with Crippen molar-refractivity contribution in [3.05, 3.63) is 47.5 Å². The lowest BCUT2D eigenvalue weighted by Crippen LogP contribution is -2.17. The molecule has 0 amide bonds. The van der Waals surface area contributed by atoms with E-state index in [1.54, 1.807) is 12.1 Å². The zero-order valence-electron chi connectivity index (χ0n) is 7.63. The van der Waals surface area contributed by atoms with Gasteiger partial charge in [-0.25, -0.2) is 0 Å². The fraction of sp³-hybridized carbons (Fsp3) is 0.0833. The Hall–Kier alpha value is -1.05. The smallest absolute Gasteiger partial charge is 0.206 e. The summed E-state index contributed by atoms with van der Waals surface area (Å²) in [6, 6.07) is 11.2. The van der Waals surface area contributed by atoms with Gasteiger partial charge >= 0.3 is 0 Å². The zero-order chi connectivity index (χ0) is 10.6. The fourth-order valence-corrected chi connectivity index (χ4v) is 2.60. The summed E-state index contributed by atoms with van der Waals surface area (Å²) in [6.07, 6.45) is 0. The minimum absolute atomic E-state index is 0.224. The number of hydrogen-bond donors (Lipinski definition) is 0. The Morgan fingerprint density at radius 2 is 1.67 bits per heavy atom. The summed E-state index contributed by atoms with van der Waals surface area (Å²) < 4.78 is -1.41. The summed E-state index contributed by atoms with van der Waals surface area (Å²) >= 11 is 12.1. The highest BCUT2D eigenvalue weighted by atomic mass is 35.5. The third-order valence-corrected chi connectivity index (χ3v) is 3.52. The van der Waals surface area contributed by atoms with Crippen LogP contribution in [0, 0.1) is 0 Å². The maximum Gasteiger partial charge on any atom is 0.206 e. The van der Waals surface area contributed by atoms with E-state index in [1.807, 2.05) is 24.3 Å². The quantitative estimate of drug-likeness (QED) is 0.639. The largest absolute Gasteiger partial charge is 0.290 e. The maximum absolute atomic E-state index is 11.9. The van der Waals surface area contributed by atoms with Gasteiger partial charge in [0.2, 0.25) is 10.1 Å². The molecule has 0 spiro atoms. The minimum Gasteiger partial charge on any atom is -0.290 e. The number of carbonyl (C=O) groups excluding carboxylic acids is 1. The third kappa shape index (κ3) is 1.02. The van der Waals surface area contributed by atoms with Crippen molar-refractivity contribution in [1.29, 1.82) is 0 Å². The molecule has 0 unspecified atom stereocenters. The van der Waals surface area contributed by atoms with Gasteiger partial charge in [-0.1, -0.05) is 59.6 Å². The summed E-state index contributed by atoms with van der Waals surface area (Å²) in [6.45, 7) is 0. The molecule has 0 heterocycles. The number of alkyl halides is 2. The molecule has 3 rings (SSSR count). The number of hydrogen-bond acceptors (Lipinski definition) is 1. The van der Waals surface area contributed by atoms with Crippen LogP contribution in [-0.2, 0) is 4.33 Å². The van der Waals surface area contributed by atoms with Gasteiger partial charge < -0.3 is 0 Å². The molecule has 1 aliphatic rings. The molecule has 1 aliphatic carbocycles. The molecule has 0 radical (unpaired) electrons. The van der Waals surface area contributed by atoms with Crippen LogP contribution in [0.3, 0.4) is 0 Å². The molecule has 0 atom stereocenters. The van der Waals surface area contributed by atoms with E-state index < -0.39 is 4.33 Å². The number of rotatable bonds is 0.